The molecule has 1 amide bonds. The van der Waals surface area contributed by atoms with Gasteiger partial charge in [0, 0.05) is 13.5 Å². The van der Waals surface area contributed by atoms with Crippen LogP contribution in [0.2, 0.25) is 0 Å². The van der Waals surface area contributed by atoms with Gasteiger partial charge in [-0.2, -0.15) is 0 Å². The zero-order valence-corrected chi connectivity index (χ0v) is 12.8. The van der Waals surface area contributed by atoms with Crippen molar-refractivity contribution in [3.63, 3.8) is 0 Å². The van der Waals surface area contributed by atoms with E-state index in [9.17, 15) is 14.7 Å². The van der Waals surface area contributed by atoms with Gasteiger partial charge in [-0.25, -0.2) is 4.79 Å². The van der Waals surface area contributed by atoms with Crippen LogP contribution >= 0.6 is 0 Å². The van der Waals surface area contributed by atoms with Crippen LogP contribution in [0.3, 0.4) is 0 Å². The van der Waals surface area contributed by atoms with E-state index in [0.29, 0.717) is 13.0 Å². The molecule has 1 aromatic carbocycles. The van der Waals surface area contributed by atoms with Crippen molar-refractivity contribution in [3.05, 3.63) is 35.4 Å². The average Bonchev–Trinajstić information content (AvgIpc) is 2.65. The molecule has 2 rings (SSSR count). The summed E-state index contributed by atoms with van der Waals surface area (Å²) in [7, 11) is 0. The van der Waals surface area contributed by atoms with Crippen molar-refractivity contribution in [2.75, 3.05) is 6.54 Å². The number of rotatable bonds is 4. The zero-order chi connectivity index (χ0) is 15.5. The monoisotopic (exact) mass is 289 g/mol. The van der Waals surface area contributed by atoms with Gasteiger partial charge in [-0.15, -0.1) is 0 Å². The largest absolute Gasteiger partial charge is 0.479 e. The molecule has 1 N–H and O–H groups in total. The number of aryl methyl sites for hydroxylation is 1. The molecule has 0 aromatic heterocycles. The Kier molecular flexibility index (Phi) is 4.66. The zero-order valence-electron chi connectivity index (χ0n) is 12.8. The number of amides is 1. The highest BCUT2D eigenvalue weighted by Gasteiger charge is 2.48. The summed E-state index contributed by atoms with van der Waals surface area (Å²) in [6, 6.07) is 7.67. The van der Waals surface area contributed by atoms with Crippen molar-refractivity contribution in [2.45, 2.75) is 51.5 Å². The highest BCUT2D eigenvalue weighted by Crippen LogP contribution is 2.39. The minimum atomic E-state index is -1.21. The second-order valence-electron chi connectivity index (χ2n) is 5.70. The van der Waals surface area contributed by atoms with E-state index in [4.69, 9.17) is 0 Å². The highest BCUT2D eigenvalue weighted by atomic mass is 16.4. The van der Waals surface area contributed by atoms with E-state index in [1.165, 1.54) is 6.92 Å². The molecule has 0 heterocycles. The number of carboxylic acids is 1. The molecule has 4 heteroatoms. The fourth-order valence-corrected chi connectivity index (χ4v) is 3.43. The van der Waals surface area contributed by atoms with Crippen molar-refractivity contribution < 1.29 is 14.7 Å². The molecule has 0 saturated heterocycles. The van der Waals surface area contributed by atoms with Gasteiger partial charge in [0.25, 0.3) is 0 Å². The Labute approximate surface area is 125 Å². The molecule has 4 nitrogen and oxygen atoms in total. The van der Waals surface area contributed by atoms with Crippen LogP contribution < -0.4 is 0 Å². The molecular weight excluding hydrogens is 266 g/mol. The van der Waals surface area contributed by atoms with Crippen LogP contribution in [0.15, 0.2) is 24.3 Å². The minimum absolute atomic E-state index is 0.170. The molecule has 0 fully saturated rings. The summed E-state index contributed by atoms with van der Waals surface area (Å²) < 4.78 is 0. The quantitative estimate of drug-likeness (QED) is 0.867. The molecule has 1 atom stereocenters. The molecule has 1 aliphatic rings. The van der Waals surface area contributed by atoms with Crippen molar-refractivity contribution in [1.82, 2.24) is 4.90 Å². The first-order valence-corrected chi connectivity index (χ1v) is 7.64. The van der Waals surface area contributed by atoms with E-state index in [1.54, 1.807) is 4.90 Å². The predicted molar refractivity (Wildman–Crippen MR) is 81.0 cm³/mol. The molecule has 0 bridgehead atoms. The van der Waals surface area contributed by atoms with E-state index >= 15 is 0 Å². The van der Waals surface area contributed by atoms with Gasteiger partial charge in [0.15, 0.2) is 5.54 Å². The minimum Gasteiger partial charge on any atom is -0.479 e. The number of carbonyl (C=O) groups excluding carboxylic acids is 1. The van der Waals surface area contributed by atoms with Crippen LogP contribution in [-0.2, 0) is 21.5 Å². The van der Waals surface area contributed by atoms with Crippen molar-refractivity contribution in [2.24, 2.45) is 0 Å². The first kappa shape index (κ1) is 15.5. The number of aliphatic carboxylic acids is 1. The molecule has 0 aliphatic heterocycles. The smallest absolute Gasteiger partial charge is 0.334 e. The maximum absolute atomic E-state index is 12.2. The van der Waals surface area contributed by atoms with Gasteiger partial charge >= 0.3 is 5.97 Å². The van der Waals surface area contributed by atoms with Gasteiger partial charge in [-0.3, -0.25) is 4.79 Å². The lowest BCUT2D eigenvalue weighted by Crippen LogP contribution is -2.54. The van der Waals surface area contributed by atoms with E-state index in [-0.39, 0.29) is 5.91 Å². The van der Waals surface area contributed by atoms with E-state index < -0.39 is 11.5 Å². The van der Waals surface area contributed by atoms with E-state index in [1.807, 2.05) is 31.2 Å². The van der Waals surface area contributed by atoms with Crippen molar-refractivity contribution in [3.8, 4) is 0 Å². The molecule has 1 aliphatic carbocycles. The Morgan fingerprint density at radius 2 is 2.00 bits per heavy atom. The first-order valence-electron chi connectivity index (χ1n) is 7.64. The Morgan fingerprint density at radius 3 is 2.62 bits per heavy atom. The summed E-state index contributed by atoms with van der Waals surface area (Å²) in [4.78, 5) is 25.9. The number of nitrogens with zero attached hydrogens (tertiary/aromatic N) is 1. The topological polar surface area (TPSA) is 57.6 Å². The van der Waals surface area contributed by atoms with E-state index in [0.717, 1.165) is 36.8 Å². The van der Waals surface area contributed by atoms with Crippen LogP contribution in [-0.4, -0.2) is 28.4 Å². The van der Waals surface area contributed by atoms with Crippen LogP contribution in [0, 0.1) is 0 Å². The molecule has 21 heavy (non-hydrogen) atoms. The molecule has 0 radical (unpaired) electrons. The fraction of sp³-hybridized carbons (Fsp3) is 0.529. The van der Waals surface area contributed by atoms with Crippen molar-refractivity contribution >= 4 is 11.9 Å². The van der Waals surface area contributed by atoms with Crippen LogP contribution in [0.4, 0.5) is 0 Å². The summed E-state index contributed by atoms with van der Waals surface area (Å²) in [6.45, 7) is 3.90. The first-order chi connectivity index (χ1) is 10.0. The Morgan fingerprint density at radius 1 is 1.29 bits per heavy atom. The van der Waals surface area contributed by atoms with Gasteiger partial charge in [-0.1, -0.05) is 31.2 Å². The lowest BCUT2D eigenvalue weighted by Gasteiger charge is -2.41. The lowest BCUT2D eigenvalue weighted by atomic mass is 9.82. The Balaban J connectivity index is 2.65. The third-order valence-electron chi connectivity index (χ3n) is 4.34. The van der Waals surface area contributed by atoms with Crippen LogP contribution in [0.1, 0.15) is 50.7 Å². The van der Waals surface area contributed by atoms with Gasteiger partial charge < -0.3 is 10.0 Å². The lowest BCUT2D eigenvalue weighted by molar-refractivity contribution is -0.160. The highest BCUT2D eigenvalue weighted by molar-refractivity contribution is 5.88. The number of benzene rings is 1. The normalized spacial score (nSPS) is 21.2. The number of hydrogen-bond donors (Lipinski definition) is 1. The third-order valence-corrected chi connectivity index (χ3v) is 4.34. The number of carboxylic acid groups (broad SMARTS) is 1. The van der Waals surface area contributed by atoms with Crippen LogP contribution in [0.25, 0.3) is 0 Å². The van der Waals surface area contributed by atoms with Gasteiger partial charge in [0.1, 0.15) is 0 Å². The second kappa shape index (κ2) is 6.29. The summed E-state index contributed by atoms with van der Waals surface area (Å²) in [5.74, 6) is -1.09. The maximum atomic E-state index is 12.2. The standard InChI is InChI=1S/C17H23NO3/c1-3-12-18(13(2)19)17(16(20)21)11-7-6-9-14-8-4-5-10-15(14)17/h4-5,8,10H,3,6-7,9,11-12H2,1-2H3,(H,20,21). The second-order valence-corrected chi connectivity index (χ2v) is 5.70. The molecule has 1 aromatic rings. The molecule has 114 valence electrons. The summed E-state index contributed by atoms with van der Waals surface area (Å²) >= 11 is 0. The van der Waals surface area contributed by atoms with Crippen LogP contribution in [0.5, 0.6) is 0 Å². The number of carbonyl (C=O) groups is 2. The van der Waals surface area contributed by atoms with Gasteiger partial charge in [0.2, 0.25) is 5.91 Å². The molecule has 0 saturated carbocycles. The van der Waals surface area contributed by atoms with Crippen molar-refractivity contribution in [1.29, 1.82) is 0 Å². The number of fused-ring (bicyclic) bond motifs is 1. The molecular formula is C17H23NO3. The van der Waals surface area contributed by atoms with E-state index in [2.05, 4.69) is 0 Å². The Bertz CT molecular complexity index is 541. The van der Waals surface area contributed by atoms with Gasteiger partial charge in [0.05, 0.1) is 0 Å². The predicted octanol–water partition coefficient (Wildman–Crippen LogP) is 2.95. The number of hydrogen-bond acceptors (Lipinski definition) is 2. The maximum Gasteiger partial charge on any atom is 0.334 e. The Hall–Kier alpha value is -1.84. The fourth-order valence-electron chi connectivity index (χ4n) is 3.43. The molecule has 0 spiro atoms. The summed E-state index contributed by atoms with van der Waals surface area (Å²) in [5, 5.41) is 10.0. The summed E-state index contributed by atoms with van der Waals surface area (Å²) in [6.07, 6.45) is 3.89. The summed E-state index contributed by atoms with van der Waals surface area (Å²) in [5.41, 5.74) is 0.632. The SMILES string of the molecule is CCCN(C(C)=O)C1(C(=O)O)CCCCc2ccccc21. The average molecular weight is 289 g/mol. The third kappa shape index (κ3) is 2.67. The molecule has 1 unspecified atom stereocenters. The van der Waals surface area contributed by atoms with Gasteiger partial charge in [-0.05, 0) is 43.2 Å².